The first-order valence-corrected chi connectivity index (χ1v) is 11.0. The minimum absolute atomic E-state index is 0.126. The summed E-state index contributed by atoms with van der Waals surface area (Å²) < 4.78 is 15.9. The fourth-order valence-electron chi connectivity index (χ4n) is 3.02. The average molecular weight is 428 g/mol. The van der Waals surface area contributed by atoms with Crippen LogP contribution in [0.25, 0.3) is 0 Å². The maximum atomic E-state index is 14.3. The molecule has 3 aromatic rings. The van der Waals surface area contributed by atoms with Gasteiger partial charge in [-0.2, -0.15) is 0 Å². The Morgan fingerprint density at radius 1 is 0.821 bits per heavy atom. The lowest BCUT2D eigenvalue weighted by molar-refractivity contribution is 0.583. The van der Waals surface area contributed by atoms with Crippen LogP contribution in [0.5, 0.6) is 0 Å². The lowest BCUT2D eigenvalue weighted by atomic mass is 10.2. The Bertz CT molecular complexity index is 1080. The van der Waals surface area contributed by atoms with E-state index in [1.807, 2.05) is 91.0 Å². The molecule has 0 spiro atoms. The van der Waals surface area contributed by atoms with E-state index in [2.05, 4.69) is 10.1 Å². The molecule has 0 radical (unpaired) electrons. The van der Waals surface area contributed by atoms with E-state index in [0.29, 0.717) is 11.5 Å². The summed E-state index contributed by atoms with van der Waals surface area (Å²) in [6, 6.07) is 28.3. The van der Waals surface area contributed by atoms with Crippen LogP contribution in [-0.2, 0) is 4.57 Å². The Labute approximate surface area is 173 Å². The molecule has 7 heteroatoms. The number of anilines is 2. The highest BCUT2D eigenvalue weighted by molar-refractivity contribution is 7.73. The van der Waals surface area contributed by atoms with Gasteiger partial charge in [0.1, 0.15) is 10.3 Å². The van der Waals surface area contributed by atoms with Gasteiger partial charge in [0.2, 0.25) is 0 Å². The number of benzene rings is 3. The topological polar surface area (TPSA) is 44.7 Å². The predicted molar refractivity (Wildman–Crippen MR) is 118 cm³/mol. The first-order chi connectivity index (χ1) is 13.6. The zero-order valence-corrected chi connectivity index (χ0v) is 17.1. The van der Waals surface area contributed by atoms with Crippen molar-refractivity contribution in [2.75, 3.05) is 9.76 Å². The standard InChI is InChI=1S/C21H16Cl2N3OP/c22-19(23)21-24-20(16-10-4-1-5-11-16)26(18-14-8-3-9-15-18)28(21,27)25-17-12-6-2-7-13-17/h1-15H,(H,25,27). The Morgan fingerprint density at radius 3 is 1.93 bits per heavy atom. The second kappa shape index (κ2) is 7.84. The summed E-state index contributed by atoms with van der Waals surface area (Å²) in [6.07, 6.45) is 0. The number of nitrogens with one attached hydrogen (secondary N) is 1. The summed E-state index contributed by atoms with van der Waals surface area (Å²) in [5.74, 6) is 0.521. The number of halogens is 2. The van der Waals surface area contributed by atoms with Gasteiger partial charge < -0.3 is 5.09 Å². The van der Waals surface area contributed by atoms with Crippen LogP contribution >= 0.6 is 30.6 Å². The summed E-state index contributed by atoms with van der Waals surface area (Å²) in [4.78, 5) is 4.60. The summed E-state index contributed by atoms with van der Waals surface area (Å²) in [5, 5.41) is 3.14. The van der Waals surface area contributed by atoms with Gasteiger partial charge in [0, 0.05) is 11.3 Å². The van der Waals surface area contributed by atoms with Crippen LogP contribution in [0, 0.1) is 0 Å². The summed E-state index contributed by atoms with van der Waals surface area (Å²) in [5.41, 5.74) is 2.35. The molecule has 4 nitrogen and oxygen atoms in total. The SMILES string of the molecule is O=P1(Nc2ccccc2)C(=C(Cl)Cl)N=C(c2ccccc2)N1c1ccccc1. The van der Waals surface area contributed by atoms with E-state index in [1.165, 1.54) is 0 Å². The fraction of sp³-hybridized carbons (Fsp3) is 0. The maximum Gasteiger partial charge on any atom is 0.316 e. The number of rotatable bonds is 4. The molecule has 0 aliphatic carbocycles. The largest absolute Gasteiger partial charge is 0.316 e. The third-order valence-electron chi connectivity index (χ3n) is 4.24. The van der Waals surface area contributed by atoms with Gasteiger partial charge in [-0.15, -0.1) is 0 Å². The zero-order valence-electron chi connectivity index (χ0n) is 14.7. The number of aliphatic imine (C=N–C) groups is 1. The smallest absolute Gasteiger partial charge is 0.315 e. The molecule has 140 valence electrons. The Hall–Kier alpha value is -2.52. The molecule has 1 aliphatic heterocycles. The molecule has 3 aromatic carbocycles. The van der Waals surface area contributed by atoms with Crippen LogP contribution in [0.1, 0.15) is 5.56 Å². The van der Waals surface area contributed by atoms with Crippen LogP contribution in [0.4, 0.5) is 11.4 Å². The molecule has 0 saturated heterocycles. The van der Waals surface area contributed by atoms with E-state index in [0.717, 1.165) is 11.3 Å². The van der Waals surface area contributed by atoms with Crippen molar-refractivity contribution in [2.24, 2.45) is 4.99 Å². The summed E-state index contributed by atoms with van der Waals surface area (Å²) >= 11 is 12.3. The highest BCUT2D eigenvalue weighted by Crippen LogP contribution is 2.64. The molecule has 0 bridgehead atoms. The van der Waals surface area contributed by atoms with Crippen LogP contribution in [0.3, 0.4) is 0 Å². The van der Waals surface area contributed by atoms with Gasteiger partial charge in [0.15, 0.2) is 5.44 Å². The molecular weight excluding hydrogens is 412 g/mol. The molecule has 1 N–H and O–H groups in total. The van der Waals surface area contributed by atoms with Gasteiger partial charge in [-0.05, 0) is 24.3 Å². The van der Waals surface area contributed by atoms with Crippen molar-refractivity contribution in [3.63, 3.8) is 0 Å². The van der Waals surface area contributed by atoms with Gasteiger partial charge >= 0.3 is 7.44 Å². The van der Waals surface area contributed by atoms with Crippen molar-refractivity contribution in [2.45, 2.75) is 0 Å². The van der Waals surface area contributed by atoms with E-state index in [4.69, 9.17) is 23.2 Å². The van der Waals surface area contributed by atoms with Crippen LogP contribution in [0.2, 0.25) is 0 Å². The molecule has 1 unspecified atom stereocenters. The van der Waals surface area contributed by atoms with Crippen molar-refractivity contribution >= 4 is 47.9 Å². The quantitative estimate of drug-likeness (QED) is 0.462. The number of amidine groups is 1. The van der Waals surface area contributed by atoms with E-state index >= 15 is 0 Å². The second-order valence-electron chi connectivity index (χ2n) is 6.09. The molecule has 1 atom stereocenters. The Morgan fingerprint density at radius 2 is 1.36 bits per heavy atom. The monoisotopic (exact) mass is 427 g/mol. The van der Waals surface area contributed by atoms with Crippen molar-refractivity contribution in [3.05, 3.63) is 106 Å². The highest BCUT2D eigenvalue weighted by Gasteiger charge is 2.46. The summed E-state index contributed by atoms with van der Waals surface area (Å²) in [6.45, 7) is 0. The Kier molecular flexibility index (Phi) is 5.27. The van der Waals surface area contributed by atoms with Gasteiger partial charge in [0.25, 0.3) is 0 Å². The Balaban J connectivity index is 1.92. The lowest BCUT2D eigenvalue weighted by Crippen LogP contribution is -2.27. The third-order valence-corrected chi connectivity index (χ3v) is 7.30. The molecule has 0 aromatic heterocycles. The van der Waals surface area contributed by atoms with Crippen molar-refractivity contribution in [3.8, 4) is 0 Å². The lowest BCUT2D eigenvalue weighted by Gasteiger charge is -2.29. The molecule has 0 fully saturated rings. The predicted octanol–water partition coefficient (Wildman–Crippen LogP) is 6.86. The van der Waals surface area contributed by atoms with E-state index < -0.39 is 7.44 Å². The van der Waals surface area contributed by atoms with Crippen molar-refractivity contribution < 1.29 is 4.57 Å². The first-order valence-electron chi connectivity index (χ1n) is 8.58. The maximum absolute atomic E-state index is 14.3. The highest BCUT2D eigenvalue weighted by atomic mass is 35.5. The first kappa shape index (κ1) is 18.8. The zero-order chi connectivity index (χ0) is 19.6. The number of hydrogen-bond donors (Lipinski definition) is 1. The van der Waals surface area contributed by atoms with E-state index in [-0.39, 0.29) is 9.93 Å². The molecular formula is C21H16Cl2N3OP. The van der Waals surface area contributed by atoms with Crippen LogP contribution < -0.4 is 9.76 Å². The van der Waals surface area contributed by atoms with Gasteiger partial charge in [-0.1, -0.05) is 89.9 Å². The van der Waals surface area contributed by atoms with Crippen LogP contribution in [0.15, 0.2) is 106 Å². The van der Waals surface area contributed by atoms with Gasteiger partial charge in [0.05, 0.1) is 5.69 Å². The number of hydrogen-bond acceptors (Lipinski definition) is 2. The molecule has 1 aliphatic rings. The molecule has 1 heterocycles. The van der Waals surface area contributed by atoms with Crippen molar-refractivity contribution in [1.82, 2.24) is 0 Å². The van der Waals surface area contributed by atoms with Crippen molar-refractivity contribution in [1.29, 1.82) is 0 Å². The number of para-hydroxylation sites is 2. The molecule has 0 saturated carbocycles. The molecule has 4 rings (SSSR count). The second-order valence-corrected chi connectivity index (χ2v) is 9.24. The fourth-order valence-corrected chi connectivity index (χ4v) is 6.03. The third kappa shape index (κ3) is 3.47. The van der Waals surface area contributed by atoms with Gasteiger partial charge in [-0.3, -0.25) is 9.24 Å². The normalized spacial score (nSPS) is 18.7. The molecule has 0 amide bonds. The molecule has 28 heavy (non-hydrogen) atoms. The van der Waals surface area contributed by atoms with Crippen LogP contribution in [-0.4, -0.2) is 5.84 Å². The van der Waals surface area contributed by atoms with E-state index in [9.17, 15) is 4.57 Å². The minimum atomic E-state index is -3.52. The minimum Gasteiger partial charge on any atom is -0.315 e. The summed E-state index contributed by atoms with van der Waals surface area (Å²) in [7, 11) is -3.52. The van der Waals surface area contributed by atoms with Gasteiger partial charge in [-0.25, -0.2) is 4.99 Å². The number of nitrogens with zero attached hydrogens (tertiary/aromatic N) is 2. The van der Waals surface area contributed by atoms with E-state index in [1.54, 1.807) is 4.67 Å². The average Bonchev–Trinajstić information content (AvgIpc) is 3.03.